The smallest absolute Gasteiger partial charge is 0.308 e. The van der Waals surface area contributed by atoms with E-state index >= 15 is 0 Å². The number of ether oxygens (including phenoxy) is 1. The molecule has 9 heteroatoms. The van der Waals surface area contributed by atoms with Gasteiger partial charge in [-0.3, -0.25) is 9.79 Å². The van der Waals surface area contributed by atoms with E-state index in [-0.39, 0.29) is 11.6 Å². The van der Waals surface area contributed by atoms with Crippen molar-refractivity contribution >= 4 is 22.7 Å². The summed E-state index contributed by atoms with van der Waals surface area (Å²) in [7, 11) is 0. The Hall–Kier alpha value is -3.00. The van der Waals surface area contributed by atoms with E-state index < -0.39 is 17.6 Å². The van der Waals surface area contributed by atoms with Crippen LogP contribution in [0.4, 0.5) is 0 Å². The van der Waals surface area contributed by atoms with Crippen molar-refractivity contribution in [1.29, 1.82) is 0 Å². The van der Waals surface area contributed by atoms with Gasteiger partial charge >= 0.3 is 5.97 Å². The molecule has 0 saturated carbocycles. The molecular weight excluding hydrogens is 408 g/mol. The minimum Gasteiger partial charge on any atom is -0.460 e. The largest absolute Gasteiger partial charge is 0.460 e. The molecule has 4 rings (SSSR count). The fourth-order valence-electron chi connectivity index (χ4n) is 3.37. The Labute approximate surface area is 178 Å². The molecule has 0 bridgehead atoms. The molecule has 3 heterocycles. The first-order chi connectivity index (χ1) is 14.1. The van der Waals surface area contributed by atoms with Gasteiger partial charge in [-0.15, -0.1) is 0 Å². The van der Waals surface area contributed by atoms with Crippen LogP contribution in [0.5, 0.6) is 0 Å². The van der Waals surface area contributed by atoms with Crippen LogP contribution in [0, 0.1) is 13.8 Å². The van der Waals surface area contributed by atoms with Crippen LogP contribution < -0.4 is 0 Å². The van der Waals surface area contributed by atoms with Crippen molar-refractivity contribution in [3.63, 3.8) is 0 Å². The molecule has 1 atom stereocenters. The van der Waals surface area contributed by atoms with Crippen molar-refractivity contribution in [3.05, 3.63) is 41.0 Å². The van der Waals surface area contributed by atoms with Crippen LogP contribution >= 0.6 is 11.6 Å². The standard InChI is InChI=1S/C21H21ClN4O4/c1-10-17-13-7-6-12(20-23-11(2)26-30-20)8-14(13)19(22)24-15(18(17)29-25-10)9-16(27)28-21(3,4)5/h6-8,15H,9H2,1-5H3. The molecule has 30 heavy (non-hydrogen) atoms. The van der Waals surface area contributed by atoms with Gasteiger partial charge in [0.05, 0.1) is 17.7 Å². The molecule has 0 saturated heterocycles. The summed E-state index contributed by atoms with van der Waals surface area (Å²) in [6.07, 6.45) is -0.0151. The summed E-state index contributed by atoms with van der Waals surface area (Å²) >= 11 is 6.60. The number of rotatable bonds is 3. The monoisotopic (exact) mass is 428 g/mol. The fourth-order valence-corrected chi connectivity index (χ4v) is 3.64. The highest BCUT2D eigenvalue weighted by atomic mass is 35.5. The lowest BCUT2D eigenvalue weighted by Crippen LogP contribution is -2.24. The third-order valence-corrected chi connectivity index (χ3v) is 4.83. The summed E-state index contributed by atoms with van der Waals surface area (Å²) in [5.74, 6) is 1.01. The zero-order valence-electron chi connectivity index (χ0n) is 17.3. The van der Waals surface area contributed by atoms with E-state index in [1.807, 2.05) is 45.9 Å². The maximum atomic E-state index is 12.5. The van der Waals surface area contributed by atoms with E-state index in [9.17, 15) is 4.79 Å². The molecule has 0 aliphatic carbocycles. The van der Waals surface area contributed by atoms with E-state index in [4.69, 9.17) is 25.4 Å². The van der Waals surface area contributed by atoms with E-state index in [0.717, 1.165) is 11.1 Å². The summed E-state index contributed by atoms with van der Waals surface area (Å²) in [5.41, 5.74) is 3.04. The van der Waals surface area contributed by atoms with E-state index in [1.54, 1.807) is 6.92 Å². The second-order valence-electron chi connectivity index (χ2n) is 8.14. The predicted octanol–water partition coefficient (Wildman–Crippen LogP) is 4.78. The first kappa shape index (κ1) is 20.3. The third kappa shape index (κ3) is 3.87. The van der Waals surface area contributed by atoms with Gasteiger partial charge in [0.1, 0.15) is 16.8 Å². The average Bonchev–Trinajstić information content (AvgIpc) is 3.22. The Kier molecular flexibility index (Phi) is 4.97. The normalized spacial score (nSPS) is 15.8. The number of esters is 1. The Morgan fingerprint density at radius 1 is 1.17 bits per heavy atom. The molecule has 156 valence electrons. The predicted molar refractivity (Wildman–Crippen MR) is 110 cm³/mol. The molecule has 0 radical (unpaired) electrons. The topological polar surface area (TPSA) is 104 Å². The molecule has 0 fully saturated rings. The molecule has 1 aliphatic heterocycles. The van der Waals surface area contributed by atoms with Crippen LogP contribution in [-0.2, 0) is 9.53 Å². The van der Waals surface area contributed by atoms with Crippen LogP contribution in [0.2, 0.25) is 0 Å². The number of halogens is 1. The molecule has 1 unspecified atom stereocenters. The van der Waals surface area contributed by atoms with Gasteiger partial charge in [-0.25, -0.2) is 0 Å². The van der Waals surface area contributed by atoms with Crippen LogP contribution in [-0.4, -0.2) is 32.0 Å². The molecule has 0 N–H and O–H groups in total. The van der Waals surface area contributed by atoms with Crippen molar-refractivity contribution < 1.29 is 18.6 Å². The molecule has 2 aromatic heterocycles. The summed E-state index contributed by atoms with van der Waals surface area (Å²) in [6, 6.07) is 4.94. The number of hydrogen-bond acceptors (Lipinski definition) is 8. The fraction of sp³-hybridized carbons (Fsp3) is 0.381. The van der Waals surface area contributed by atoms with Crippen LogP contribution in [0.25, 0.3) is 22.6 Å². The zero-order chi connectivity index (χ0) is 21.6. The Balaban J connectivity index is 1.79. The number of hydrogen-bond donors (Lipinski definition) is 0. The van der Waals surface area contributed by atoms with Crippen LogP contribution in [0.3, 0.4) is 0 Å². The molecule has 1 aliphatic rings. The maximum absolute atomic E-state index is 12.5. The first-order valence-electron chi connectivity index (χ1n) is 9.49. The zero-order valence-corrected chi connectivity index (χ0v) is 18.1. The van der Waals surface area contributed by atoms with Crippen molar-refractivity contribution in [1.82, 2.24) is 15.3 Å². The molecule has 0 spiro atoms. The van der Waals surface area contributed by atoms with Crippen LogP contribution in [0.15, 0.2) is 32.2 Å². The molecular formula is C21H21ClN4O4. The molecule has 8 nitrogen and oxygen atoms in total. The maximum Gasteiger partial charge on any atom is 0.308 e. The Bertz CT molecular complexity index is 1160. The van der Waals surface area contributed by atoms with Crippen LogP contribution in [0.1, 0.15) is 56.1 Å². The van der Waals surface area contributed by atoms with Gasteiger partial charge in [0.15, 0.2) is 11.6 Å². The summed E-state index contributed by atoms with van der Waals surface area (Å²) < 4.78 is 16.3. The lowest BCUT2D eigenvalue weighted by atomic mass is 9.95. The minimum atomic E-state index is -0.648. The van der Waals surface area contributed by atoms with Gasteiger partial charge in [-0.1, -0.05) is 28.0 Å². The number of aromatic nitrogens is 3. The average molecular weight is 429 g/mol. The number of aryl methyl sites for hydroxylation is 2. The number of carbonyl (C=O) groups is 1. The van der Waals surface area contributed by atoms with Gasteiger partial charge in [0, 0.05) is 11.1 Å². The number of aliphatic imine (C=N–C) groups is 1. The van der Waals surface area contributed by atoms with Crippen molar-refractivity contribution in [2.45, 2.75) is 52.7 Å². The Morgan fingerprint density at radius 3 is 2.60 bits per heavy atom. The number of benzene rings is 1. The first-order valence-corrected chi connectivity index (χ1v) is 9.87. The van der Waals surface area contributed by atoms with Gasteiger partial charge in [-0.05, 0) is 52.3 Å². The SMILES string of the molecule is Cc1noc(-c2ccc3c(c2)C(Cl)=NC(CC(=O)OC(C)(C)C)c2onc(C)c2-3)n1. The highest BCUT2D eigenvalue weighted by Gasteiger charge is 2.32. The van der Waals surface area contributed by atoms with Crippen molar-refractivity contribution in [2.24, 2.45) is 4.99 Å². The number of fused-ring (bicyclic) bond motifs is 3. The molecule has 0 amide bonds. The summed E-state index contributed by atoms with van der Waals surface area (Å²) in [6.45, 7) is 9.03. The van der Waals surface area contributed by atoms with Gasteiger partial charge < -0.3 is 13.8 Å². The Morgan fingerprint density at radius 2 is 1.93 bits per heavy atom. The van der Waals surface area contributed by atoms with Crippen molar-refractivity contribution in [3.8, 4) is 22.6 Å². The summed E-state index contributed by atoms with van der Waals surface area (Å²) in [5, 5.41) is 8.18. The second-order valence-corrected chi connectivity index (χ2v) is 8.50. The third-order valence-electron chi connectivity index (χ3n) is 4.53. The number of nitrogens with zero attached hydrogens (tertiary/aromatic N) is 4. The van der Waals surface area contributed by atoms with Gasteiger partial charge in [-0.2, -0.15) is 4.98 Å². The minimum absolute atomic E-state index is 0.0151. The van der Waals surface area contributed by atoms with Gasteiger partial charge in [0.2, 0.25) is 0 Å². The van der Waals surface area contributed by atoms with Gasteiger partial charge in [0.25, 0.3) is 5.89 Å². The van der Waals surface area contributed by atoms with Crippen molar-refractivity contribution in [2.75, 3.05) is 0 Å². The summed E-state index contributed by atoms with van der Waals surface area (Å²) in [4.78, 5) is 21.3. The lowest BCUT2D eigenvalue weighted by Gasteiger charge is -2.20. The lowest BCUT2D eigenvalue weighted by molar-refractivity contribution is -0.155. The quantitative estimate of drug-likeness (QED) is 0.553. The van der Waals surface area contributed by atoms with E-state index in [0.29, 0.717) is 34.3 Å². The second kappa shape index (κ2) is 7.36. The van der Waals surface area contributed by atoms with E-state index in [2.05, 4.69) is 20.3 Å². The number of carbonyl (C=O) groups excluding carboxylic acids is 1. The highest BCUT2D eigenvalue weighted by Crippen LogP contribution is 2.41. The highest BCUT2D eigenvalue weighted by molar-refractivity contribution is 6.70. The molecule has 1 aromatic carbocycles. The molecule has 3 aromatic rings. The van der Waals surface area contributed by atoms with E-state index in [1.165, 1.54) is 0 Å².